The molecule has 0 aliphatic carbocycles. The third-order valence-electron chi connectivity index (χ3n) is 18.9. The molecular weight excluding hydrogens is 1170 g/mol. The van der Waals surface area contributed by atoms with E-state index < -0.39 is 11.6 Å². The van der Waals surface area contributed by atoms with Gasteiger partial charge in [0.05, 0.1) is 17.1 Å². The molecule has 0 amide bonds. The lowest BCUT2D eigenvalue weighted by Crippen LogP contribution is -2.64. The number of para-hydroxylation sites is 7. The van der Waals surface area contributed by atoms with Crippen LogP contribution in [0.25, 0.3) is 33.4 Å². The number of nitrogens with zero attached hydrogens (tertiary/aromatic N) is 4. The van der Waals surface area contributed by atoms with Crippen LogP contribution in [0, 0.1) is 11.6 Å². The summed E-state index contributed by atoms with van der Waals surface area (Å²) in [5.74, 6) is -1.33. The Morgan fingerprint density at radius 1 is 0.319 bits per heavy atom. The zero-order valence-corrected chi connectivity index (χ0v) is 51.6. The highest BCUT2D eigenvalue weighted by atomic mass is 32.2. The summed E-state index contributed by atoms with van der Waals surface area (Å²) in [7, 11) is 0. The molecule has 4 heterocycles. The maximum absolute atomic E-state index is 18.5. The minimum Gasteiger partial charge on any atom is -0.355 e. The minimum absolute atomic E-state index is 0.238. The van der Waals surface area contributed by atoms with E-state index in [9.17, 15) is 0 Å². The van der Waals surface area contributed by atoms with Gasteiger partial charge in [-0.05, 0) is 141 Å². The van der Waals surface area contributed by atoms with Crippen molar-refractivity contribution in [2.75, 3.05) is 24.9 Å². The Balaban J connectivity index is 0.933. The van der Waals surface area contributed by atoms with Crippen molar-refractivity contribution in [2.45, 2.75) is 9.79 Å². The van der Waals surface area contributed by atoms with Crippen LogP contribution >= 0.6 is 11.8 Å². The van der Waals surface area contributed by atoms with Crippen LogP contribution in [0.3, 0.4) is 0 Å². The van der Waals surface area contributed by atoms with Crippen molar-refractivity contribution < 1.29 is 8.78 Å². The molecule has 18 rings (SSSR count). The standard InChI is InChI=1S/C84H55B2F2N5S/c87-58-47-66(57-31-11-3-12-32-57)84(71(88)48-58)93-76-54-80-70(53-69(76)85-67-41-21-25-45-74(67)91(62-37-17-6-18-38-62)78-51-63(52-79(93)82(78)85)90(60-33-13-4-14-34-60)61-35-15-5-16-36-61)86-68-42-22-26-46-75(68)92(73-44-24-20-40-65(73)56-29-9-2-10-30-56)77-49-59(50-81(94-80)83(77)86)89-72-43-23-19-39-64(72)55-27-7-1-8-28-55/h1-54,89H. The fraction of sp³-hybridized carbons (Fsp3) is 0. The monoisotopic (exact) mass is 1230 g/mol. The summed E-state index contributed by atoms with van der Waals surface area (Å²) in [6.45, 7) is -0.592. The summed E-state index contributed by atoms with van der Waals surface area (Å²) < 4.78 is 34.9. The molecular formula is C84H55B2F2N5S. The molecule has 0 aromatic heterocycles. The van der Waals surface area contributed by atoms with Crippen LogP contribution in [-0.4, -0.2) is 13.4 Å². The molecule has 0 spiro atoms. The number of hydrogen-bond acceptors (Lipinski definition) is 6. The summed E-state index contributed by atoms with van der Waals surface area (Å²) in [6.07, 6.45) is 0. The molecule has 4 aliphatic rings. The van der Waals surface area contributed by atoms with Gasteiger partial charge in [-0.15, -0.1) is 0 Å². The summed E-state index contributed by atoms with van der Waals surface area (Å²) in [5.41, 5.74) is 25.0. The lowest BCUT2D eigenvalue weighted by atomic mass is 9.31. The fourth-order valence-corrected chi connectivity index (χ4v) is 16.3. The molecule has 5 nitrogen and oxygen atoms in total. The largest absolute Gasteiger partial charge is 0.355 e. The average Bonchev–Trinajstić information content (AvgIpc) is 0.691. The van der Waals surface area contributed by atoms with Gasteiger partial charge in [0.15, 0.2) is 5.82 Å². The minimum atomic E-state index is -0.676. The summed E-state index contributed by atoms with van der Waals surface area (Å²) in [6, 6.07) is 114. The van der Waals surface area contributed by atoms with Gasteiger partial charge in [0.25, 0.3) is 6.71 Å². The molecule has 0 saturated carbocycles. The molecule has 1 N–H and O–H groups in total. The normalized spacial score (nSPS) is 12.9. The zero-order valence-electron chi connectivity index (χ0n) is 50.8. The van der Waals surface area contributed by atoms with Gasteiger partial charge in [0, 0.05) is 95.1 Å². The molecule has 0 unspecified atom stereocenters. The maximum Gasteiger partial charge on any atom is 0.252 e. The number of nitrogens with one attached hydrogen (secondary N) is 1. The molecule has 0 saturated heterocycles. The first-order valence-electron chi connectivity index (χ1n) is 31.8. The Labute approximate surface area is 550 Å². The quantitative estimate of drug-likeness (QED) is 0.130. The molecule has 94 heavy (non-hydrogen) atoms. The van der Waals surface area contributed by atoms with Crippen LogP contribution in [0.2, 0.25) is 0 Å². The van der Waals surface area contributed by atoms with E-state index in [0.717, 1.165) is 134 Å². The van der Waals surface area contributed by atoms with Gasteiger partial charge in [-0.3, -0.25) is 0 Å². The van der Waals surface area contributed by atoms with Crippen LogP contribution in [0.1, 0.15) is 0 Å². The maximum atomic E-state index is 18.5. The van der Waals surface area contributed by atoms with Gasteiger partial charge >= 0.3 is 0 Å². The predicted octanol–water partition coefficient (Wildman–Crippen LogP) is 19.0. The number of halogens is 2. The molecule has 0 radical (unpaired) electrons. The first kappa shape index (κ1) is 55.3. The van der Waals surface area contributed by atoms with Crippen molar-refractivity contribution in [2.24, 2.45) is 0 Å². The Morgan fingerprint density at radius 3 is 1.45 bits per heavy atom. The van der Waals surface area contributed by atoms with Crippen LogP contribution in [0.4, 0.5) is 88.4 Å². The smallest absolute Gasteiger partial charge is 0.252 e. The van der Waals surface area contributed by atoms with E-state index >= 15 is 8.78 Å². The number of benzene rings is 14. The Kier molecular flexibility index (Phi) is 13.3. The van der Waals surface area contributed by atoms with Crippen molar-refractivity contribution in [3.8, 4) is 33.4 Å². The van der Waals surface area contributed by atoms with Gasteiger partial charge in [0.1, 0.15) is 5.82 Å². The van der Waals surface area contributed by atoms with Gasteiger partial charge in [-0.2, -0.15) is 0 Å². The second kappa shape index (κ2) is 22.7. The van der Waals surface area contributed by atoms with E-state index in [4.69, 9.17) is 0 Å². The summed E-state index contributed by atoms with van der Waals surface area (Å²) >= 11 is 1.75. The molecule has 14 aromatic rings. The molecule has 0 atom stereocenters. The van der Waals surface area contributed by atoms with Crippen LogP contribution < -0.4 is 57.7 Å². The van der Waals surface area contributed by atoms with Gasteiger partial charge in [-0.1, -0.05) is 242 Å². The van der Waals surface area contributed by atoms with E-state index in [2.05, 4.69) is 298 Å². The van der Waals surface area contributed by atoms with E-state index in [1.807, 2.05) is 42.5 Å². The topological polar surface area (TPSA) is 25.0 Å². The molecule has 442 valence electrons. The van der Waals surface area contributed by atoms with Gasteiger partial charge < -0.3 is 24.9 Å². The molecule has 0 bridgehead atoms. The van der Waals surface area contributed by atoms with Gasteiger partial charge in [-0.25, -0.2) is 8.78 Å². The molecule has 4 aliphatic heterocycles. The fourth-order valence-electron chi connectivity index (χ4n) is 15.1. The molecule has 10 heteroatoms. The lowest BCUT2D eigenvalue weighted by Gasteiger charge is -2.46. The van der Waals surface area contributed by atoms with Crippen molar-refractivity contribution in [3.05, 3.63) is 339 Å². The Bertz CT molecular complexity index is 5240. The lowest BCUT2D eigenvalue weighted by molar-refractivity contribution is 0.585. The van der Waals surface area contributed by atoms with Crippen LogP contribution in [0.5, 0.6) is 0 Å². The van der Waals surface area contributed by atoms with Crippen LogP contribution in [-0.2, 0) is 0 Å². The van der Waals surface area contributed by atoms with Crippen molar-refractivity contribution in [3.63, 3.8) is 0 Å². The average molecular weight is 1230 g/mol. The Hall–Kier alpha value is -11.6. The summed E-state index contributed by atoms with van der Waals surface area (Å²) in [5, 5.41) is 3.98. The van der Waals surface area contributed by atoms with E-state index in [1.165, 1.54) is 17.0 Å². The van der Waals surface area contributed by atoms with E-state index in [0.29, 0.717) is 11.1 Å². The highest BCUT2D eigenvalue weighted by Gasteiger charge is 2.48. The number of hydrogen-bond donors (Lipinski definition) is 1. The predicted molar refractivity (Wildman–Crippen MR) is 391 cm³/mol. The van der Waals surface area contributed by atoms with Crippen LogP contribution in [0.15, 0.2) is 337 Å². The van der Waals surface area contributed by atoms with Gasteiger partial charge in [0.2, 0.25) is 6.71 Å². The Morgan fingerprint density at radius 2 is 0.809 bits per heavy atom. The zero-order chi connectivity index (χ0) is 62.4. The highest BCUT2D eigenvalue weighted by molar-refractivity contribution is 8.00. The van der Waals surface area contributed by atoms with Crippen molar-refractivity contribution in [1.29, 1.82) is 0 Å². The number of anilines is 14. The van der Waals surface area contributed by atoms with Crippen molar-refractivity contribution >= 4 is 138 Å². The highest BCUT2D eigenvalue weighted by Crippen LogP contribution is 2.53. The van der Waals surface area contributed by atoms with Crippen molar-refractivity contribution in [1.82, 2.24) is 0 Å². The third kappa shape index (κ3) is 9.08. The first-order valence-corrected chi connectivity index (χ1v) is 32.7. The number of fused-ring (bicyclic) bond motifs is 8. The SMILES string of the molecule is Fc1cc(F)c(N2c3cc4c(cc3B3c5ccccc5N(c5ccccc5)c5cc(N(c6ccccc6)c6ccccc6)cc2c53)B2c3ccccc3N(c3ccccc3-c3ccccc3)c3cc(Nc5ccccc5-c5ccccc5)cc(c32)S4)c(-c2ccccc2)c1. The third-order valence-corrected chi connectivity index (χ3v) is 20.1. The second-order valence-electron chi connectivity index (χ2n) is 24.3. The summed E-state index contributed by atoms with van der Waals surface area (Å²) in [4.78, 5) is 11.4. The number of rotatable bonds is 11. The van der Waals surface area contributed by atoms with E-state index in [-0.39, 0.29) is 19.1 Å². The first-order chi connectivity index (χ1) is 46.5. The van der Waals surface area contributed by atoms with E-state index in [1.54, 1.807) is 11.8 Å². The second-order valence-corrected chi connectivity index (χ2v) is 25.3. The molecule has 0 fully saturated rings. The molecule has 14 aromatic carbocycles.